The number of anilines is 1. The van der Waals surface area contributed by atoms with Crippen LogP contribution in [-0.2, 0) is 4.74 Å². The average Bonchev–Trinajstić information content (AvgIpc) is 2.68. The highest BCUT2D eigenvalue weighted by Gasteiger charge is 2.24. The number of nitrogens with zero attached hydrogens (tertiary/aromatic N) is 2. The van der Waals surface area contributed by atoms with Crippen LogP contribution in [0.1, 0.15) is 31.9 Å². The number of hydrogen-bond donors (Lipinski definition) is 1. The lowest BCUT2D eigenvalue weighted by Gasteiger charge is -2.20. The zero-order valence-electron chi connectivity index (χ0n) is 18.4. The van der Waals surface area contributed by atoms with Crippen molar-refractivity contribution in [2.24, 2.45) is 0 Å². The summed E-state index contributed by atoms with van der Waals surface area (Å²) in [6, 6.07) is 20.5. The van der Waals surface area contributed by atoms with Crippen molar-refractivity contribution in [3.63, 3.8) is 0 Å². The molecule has 0 fully saturated rings. The first-order valence-corrected chi connectivity index (χ1v) is 10.0. The maximum absolute atomic E-state index is 12.5. The molecule has 6 heteroatoms. The van der Waals surface area contributed by atoms with Crippen molar-refractivity contribution in [1.82, 2.24) is 4.98 Å². The number of aryl methyl sites for hydroxylation is 2. The summed E-state index contributed by atoms with van der Waals surface area (Å²) in [7, 11) is 0. The molecule has 4 aromatic rings. The first-order valence-electron chi connectivity index (χ1n) is 10.0. The van der Waals surface area contributed by atoms with Crippen molar-refractivity contribution < 1.29 is 26.5 Å². The van der Waals surface area contributed by atoms with E-state index in [1.165, 1.54) is 0 Å². The molecule has 4 rings (SSSR count). The number of aromatic nitrogens is 2. The van der Waals surface area contributed by atoms with E-state index in [-0.39, 0.29) is 12.4 Å². The molecule has 1 heterocycles. The summed E-state index contributed by atoms with van der Waals surface area (Å²) < 4.78 is 7.66. The highest BCUT2D eigenvalue weighted by molar-refractivity contribution is 5.99. The number of rotatable bonds is 2. The van der Waals surface area contributed by atoms with Crippen molar-refractivity contribution in [2.45, 2.75) is 40.2 Å². The lowest BCUT2D eigenvalue weighted by atomic mass is 10.1. The van der Waals surface area contributed by atoms with E-state index in [0.717, 1.165) is 38.9 Å². The van der Waals surface area contributed by atoms with E-state index in [1.54, 1.807) is 0 Å². The molecule has 0 saturated heterocycles. The van der Waals surface area contributed by atoms with Crippen molar-refractivity contribution in [3.05, 3.63) is 71.8 Å². The van der Waals surface area contributed by atoms with Gasteiger partial charge in [-0.25, -0.2) is 9.78 Å². The minimum atomic E-state index is -0.580. The standard InChI is InChI=1S/C25H25N3O2.ClH/c1-16-11-13-20-19(15-16)26-23-21(28(20)18-9-7-6-8-10-18)14-12-17(2)22(23)27-24(29)30-25(3,4)5;/h6-15H,1-5H3;1H. The third kappa shape index (κ3) is 4.62. The van der Waals surface area contributed by atoms with Gasteiger partial charge in [0.15, 0.2) is 5.52 Å². The Labute approximate surface area is 188 Å². The molecule has 1 N–H and O–H groups in total. The number of hydrogen-bond acceptors (Lipinski definition) is 3. The van der Waals surface area contributed by atoms with Gasteiger partial charge in [0.05, 0.1) is 5.69 Å². The van der Waals surface area contributed by atoms with E-state index < -0.39 is 11.7 Å². The number of benzene rings is 3. The topological polar surface area (TPSA) is 55.1 Å². The Morgan fingerprint density at radius 3 is 2.32 bits per heavy atom. The minimum absolute atomic E-state index is 0. The second-order valence-electron chi connectivity index (χ2n) is 8.53. The zero-order valence-corrected chi connectivity index (χ0v) is 19.1. The first kappa shape index (κ1) is 22.5. The number of para-hydroxylation sites is 1. The summed E-state index contributed by atoms with van der Waals surface area (Å²) in [6.45, 7) is 9.55. The van der Waals surface area contributed by atoms with Crippen LogP contribution in [0.3, 0.4) is 0 Å². The quantitative estimate of drug-likeness (QED) is 0.389. The molecule has 0 aliphatic heterocycles. The van der Waals surface area contributed by atoms with Crippen molar-refractivity contribution >= 4 is 33.8 Å². The van der Waals surface area contributed by atoms with Gasteiger partial charge in [0.2, 0.25) is 16.7 Å². The molecule has 160 valence electrons. The lowest BCUT2D eigenvalue weighted by Crippen LogP contribution is -3.00. The van der Waals surface area contributed by atoms with Crippen molar-refractivity contribution in [3.8, 4) is 5.69 Å². The van der Waals surface area contributed by atoms with Crippen LogP contribution in [0.15, 0.2) is 60.7 Å². The molecule has 0 aliphatic rings. The van der Waals surface area contributed by atoms with Crippen LogP contribution < -0.4 is 22.3 Å². The first-order chi connectivity index (χ1) is 14.2. The summed E-state index contributed by atoms with van der Waals surface area (Å²) in [5.41, 5.74) is 6.67. The van der Waals surface area contributed by atoms with E-state index in [1.807, 2.05) is 65.0 Å². The van der Waals surface area contributed by atoms with E-state index in [2.05, 4.69) is 40.2 Å². The molecule has 0 atom stereocenters. The summed E-state index contributed by atoms with van der Waals surface area (Å²) in [4.78, 5) is 17.5. The van der Waals surface area contributed by atoms with Gasteiger partial charge in [0, 0.05) is 24.3 Å². The Balaban J connectivity index is 0.00000272. The molecule has 0 radical (unpaired) electrons. The molecule has 0 spiro atoms. The third-order valence-corrected chi connectivity index (χ3v) is 4.85. The molecule has 0 bridgehead atoms. The number of carbonyl (C=O) groups is 1. The predicted octanol–water partition coefficient (Wildman–Crippen LogP) is 2.63. The Morgan fingerprint density at radius 1 is 0.968 bits per heavy atom. The van der Waals surface area contributed by atoms with Gasteiger partial charge in [0.1, 0.15) is 11.1 Å². The SMILES string of the molecule is Cc1ccc2c(c1)nc1c(NC(=O)OC(C)(C)C)c(C)ccc1[n+]2-c1ccccc1.[Cl-]. The van der Waals surface area contributed by atoms with Gasteiger partial charge >= 0.3 is 6.09 Å². The van der Waals surface area contributed by atoms with Crippen molar-refractivity contribution in [1.29, 1.82) is 0 Å². The summed E-state index contributed by atoms with van der Waals surface area (Å²) in [5, 5.41) is 2.93. The molecule has 31 heavy (non-hydrogen) atoms. The molecule has 0 unspecified atom stereocenters. The Hall–Kier alpha value is -3.18. The van der Waals surface area contributed by atoms with Crippen LogP contribution >= 0.6 is 0 Å². The van der Waals surface area contributed by atoms with Gasteiger partial charge in [-0.3, -0.25) is 5.32 Å². The molecule has 1 amide bonds. The van der Waals surface area contributed by atoms with Gasteiger partial charge in [-0.05, 0) is 51.8 Å². The molecule has 0 aliphatic carbocycles. The Bertz CT molecular complexity index is 1260. The number of amides is 1. The number of nitrogens with one attached hydrogen (secondary N) is 1. The van der Waals surface area contributed by atoms with Crippen LogP contribution in [0, 0.1) is 13.8 Å². The number of fused-ring (bicyclic) bond motifs is 2. The van der Waals surface area contributed by atoms with Crippen molar-refractivity contribution in [2.75, 3.05) is 5.32 Å². The van der Waals surface area contributed by atoms with Gasteiger partial charge in [0.25, 0.3) is 0 Å². The fraction of sp³-hybridized carbons (Fsp3) is 0.240. The van der Waals surface area contributed by atoms with Crippen LogP contribution in [0.5, 0.6) is 0 Å². The van der Waals surface area contributed by atoms with Gasteiger partial charge < -0.3 is 17.1 Å². The van der Waals surface area contributed by atoms with Crippen LogP contribution in [-0.4, -0.2) is 16.7 Å². The molecular weight excluding hydrogens is 410 g/mol. The largest absolute Gasteiger partial charge is 1.00 e. The van der Waals surface area contributed by atoms with Crippen LogP contribution in [0.2, 0.25) is 0 Å². The van der Waals surface area contributed by atoms with E-state index in [9.17, 15) is 4.79 Å². The third-order valence-electron chi connectivity index (χ3n) is 4.85. The van der Waals surface area contributed by atoms with Crippen LogP contribution in [0.4, 0.5) is 10.5 Å². The van der Waals surface area contributed by atoms with E-state index >= 15 is 0 Å². The van der Waals surface area contributed by atoms with E-state index in [4.69, 9.17) is 9.72 Å². The summed E-state index contributed by atoms with van der Waals surface area (Å²) in [6.07, 6.45) is -0.490. The highest BCUT2D eigenvalue weighted by atomic mass is 35.5. The fourth-order valence-electron chi connectivity index (χ4n) is 3.56. The second kappa shape index (κ2) is 8.52. The predicted molar refractivity (Wildman–Crippen MR) is 120 cm³/mol. The summed E-state index contributed by atoms with van der Waals surface area (Å²) in [5.74, 6) is 0. The Morgan fingerprint density at radius 2 is 1.65 bits per heavy atom. The normalized spacial score (nSPS) is 11.3. The maximum atomic E-state index is 12.5. The Kier molecular flexibility index (Phi) is 6.18. The van der Waals surface area contributed by atoms with Crippen LogP contribution in [0.25, 0.3) is 27.8 Å². The molecule has 5 nitrogen and oxygen atoms in total. The lowest BCUT2D eigenvalue weighted by molar-refractivity contribution is -0.538. The van der Waals surface area contributed by atoms with Gasteiger partial charge in [-0.2, -0.15) is 0 Å². The highest BCUT2D eigenvalue weighted by Crippen LogP contribution is 2.28. The smallest absolute Gasteiger partial charge is 0.412 e. The van der Waals surface area contributed by atoms with Gasteiger partial charge in [-0.15, -0.1) is 4.57 Å². The van der Waals surface area contributed by atoms with E-state index in [0.29, 0.717) is 5.69 Å². The number of ether oxygens (including phenoxy) is 1. The fourth-order valence-corrected chi connectivity index (χ4v) is 3.56. The zero-order chi connectivity index (χ0) is 21.5. The monoisotopic (exact) mass is 435 g/mol. The molecular formula is C25H26ClN3O2. The summed E-state index contributed by atoms with van der Waals surface area (Å²) >= 11 is 0. The minimum Gasteiger partial charge on any atom is -1.00 e. The van der Waals surface area contributed by atoms with Gasteiger partial charge in [-0.1, -0.05) is 30.3 Å². The number of halogens is 1. The molecule has 1 aromatic heterocycles. The average molecular weight is 436 g/mol. The molecule has 0 saturated carbocycles. The number of carbonyl (C=O) groups excluding carboxylic acids is 1. The second-order valence-corrected chi connectivity index (χ2v) is 8.53. The maximum Gasteiger partial charge on any atom is 0.412 e. The molecule has 3 aromatic carbocycles.